The minimum absolute atomic E-state index is 0.186. The number of rotatable bonds is 6. The molecule has 6 heteroatoms. The molecule has 106 valence electrons. The van der Waals surface area contributed by atoms with E-state index < -0.39 is 11.4 Å². The molecule has 1 amide bonds. The molecule has 0 saturated heterocycles. The predicted octanol–water partition coefficient (Wildman–Crippen LogP) is 1.81. The lowest BCUT2D eigenvalue weighted by Gasteiger charge is -2.25. The van der Waals surface area contributed by atoms with Crippen molar-refractivity contribution < 1.29 is 13.9 Å². The normalized spacial score (nSPS) is 11.2. The van der Waals surface area contributed by atoms with Gasteiger partial charge in [0, 0.05) is 13.7 Å². The topological polar surface area (TPSA) is 63.2 Å². The molecule has 0 aromatic carbocycles. The highest BCUT2D eigenvalue weighted by molar-refractivity contribution is 5.99. The Hall–Kier alpha value is -1.69. The molecule has 0 fully saturated rings. The average molecular weight is 269 g/mol. The number of hydrogen-bond donors (Lipinski definition) is 2. The molecule has 5 nitrogen and oxygen atoms in total. The fourth-order valence-corrected chi connectivity index (χ4v) is 1.69. The van der Waals surface area contributed by atoms with Crippen molar-refractivity contribution in [2.75, 3.05) is 25.6 Å². The Morgan fingerprint density at radius 1 is 1.53 bits per heavy atom. The van der Waals surface area contributed by atoms with Crippen molar-refractivity contribution in [2.45, 2.75) is 26.3 Å². The number of carbonyl (C=O) groups excluding carboxylic acids is 1. The Labute approximate surface area is 112 Å². The highest BCUT2D eigenvalue weighted by Gasteiger charge is 2.23. The second kappa shape index (κ2) is 6.47. The number of nitrogens with zero attached hydrogens (tertiary/aromatic N) is 1. The third-order valence-corrected chi connectivity index (χ3v) is 2.40. The van der Waals surface area contributed by atoms with Crippen LogP contribution in [0, 0.1) is 5.82 Å². The summed E-state index contributed by atoms with van der Waals surface area (Å²) in [5, 5.41) is 5.72. The van der Waals surface area contributed by atoms with Crippen molar-refractivity contribution in [3.8, 4) is 0 Å². The third-order valence-electron chi connectivity index (χ3n) is 2.40. The maximum Gasteiger partial charge on any atom is 0.255 e. The SMILES string of the molecule is CCNc1ncc(F)cc1C(=O)NC(C)(C)COC. The molecule has 0 unspecified atom stereocenters. The molecule has 0 radical (unpaired) electrons. The van der Waals surface area contributed by atoms with E-state index >= 15 is 0 Å². The minimum Gasteiger partial charge on any atom is -0.382 e. The first-order valence-electron chi connectivity index (χ1n) is 6.10. The van der Waals surface area contributed by atoms with Gasteiger partial charge in [0.25, 0.3) is 5.91 Å². The predicted molar refractivity (Wildman–Crippen MR) is 71.8 cm³/mol. The molecule has 19 heavy (non-hydrogen) atoms. The van der Waals surface area contributed by atoms with Gasteiger partial charge < -0.3 is 15.4 Å². The van der Waals surface area contributed by atoms with E-state index in [1.54, 1.807) is 7.11 Å². The van der Waals surface area contributed by atoms with Gasteiger partial charge in [-0.2, -0.15) is 0 Å². The Balaban J connectivity index is 2.95. The van der Waals surface area contributed by atoms with E-state index in [4.69, 9.17) is 4.74 Å². The smallest absolute Gasteiger partial charge is 0.255 e. The highest BCUT2D eigenvalue weighted by Crippen LogP contribution is 2.15. The van der Waals surface area contributed by atoms with Gasteiger partial charge in [0.15, 0.2) is 0 Å². The van der Waals surface area contributed by atoms with Gasteiger partial charge >= 0.3 is 0 Å². The summed E-state index contributed by atoms with van der Waals surface area (Å²) in [7, 11) is 1.56. The zero-order valence-electron chi connectivity index (χ0n) is 11.7. The van der Waals surface area contributed by atoms with E-state index in [2.05, 4.69) is 15.6 Å². The lowest BCUT2D eigenvalue weighted by Crippen LogP contribution is -2.47. The van der Waals surface area contributed by atoms with Crippen LogP contribution in [0.1, 0.15) is 31.1 Å². The van der Waals surface area contributed by atoms with Crippen molar-refractivity contribution in [3.63, 3.8) is 0 Å². The average Bonchev–Trinajstić information content (AvgIpc) is 2.30. The fourth-order valence-electron chi connectivity index (χ4n) is 1.69. The summed E-state index contributed by atoms with van der Waals surface area (Å²) in [5.74, 6) is -0.559. The van der Waals surface area contributed by atoms with Gasteiger partial charge in [-0.25, -0.2) is 9.37 Å². The first-order valence-corrected chi connectivity index (χ1v) is 6.10. The summed E-state index contributed by atoms with van der Waals surface area (Å²) in [6, 6.07) is 1.17. The Morgan fingerprint density at radius 3 is 2.79 bits per heavy atom. The lowest BCUT2D eigenvalue weighted by atomic mass is 10.1. The van der Waals surface area contributed by atoms with E-state index in [1.807, 2.05) is 20.8 Å². The second-order valence-electron chi connectivity index (χ2n) is 4.85. The van der Waals surface area contributed by atoms with E-state index in [9.17, 15) is 9.18 Å². The van der Waals surface area contributed by atoms with Crippen LogP contribution in [0.3, 0.4) is 0 Å². The second-order valence-corrected chi connectivity index (χ2v) is 4.85. The molecule has 1 heterocycles. The number of carbonyl (C=O) groups is 1. The van der Waals surface area contributed by atoms with Crippen molar-refractivity contribution >= 4 is 11.7 Å². The minimum atomic E-state index is -0.545. The molecule has 0 aliphatic carbocycles. The maximum absolute atomic E-state index is 13.2. The molecule has 1 aromatic rings. The number of nitrogens with one attached hydrogen (secondary N) is 2. The van der Waals surface area contributed by atoms with E-state index in [0.717, 1.165) is 6.20 Å². The number of pyridine rings is 1. The quantitative estimate of drug-likeness (QED) is 0.826. The fraction of sp³-hybridized carbons (Fsp3) is 0.538. The zero-order valence-corrected chi connectivity index (χ0v) is 11.7. The summed E-state index contributed by atoms with van der Waals surface area (Å²) < 4.78 is 18.3. The standard InChI is InChI=1S/C13H20FN3O2/c1-5-15-11-10(6-9(14)7-16-11)12(18)17-13(2,3)8-19-4/h6-7H,5,8H2,1-4H3,(H,15,16)(H,17,18). The summed E-state index contributed by atoms with van der Waals surface area (Å²) in [6.07, 6.45) is 1.08. The van der Waals surface area contributed by atoms with Crippen molar-refractivity contribution in [2.24, 2.45) is 0 Å². The van der Waals surface area contributed by atoms with E-state index in [0.29, 0.717) is 19.0 Å². The molecule has 0 saturated carbocycles. The van der Waals surface area contributed by atoms with Crippen molar-refractivity contribution in [1.29, 1.82) is 0 Å². The van der Waals surface area contributed by atoms with Gasteiger partial charge in [0.2, 0.25) is 0 Å². The summed E-state index contributed by atoms with van der Waals surface area (Å²) in [4.78, 5) is 16.1. The summed E-state index contributed by atoms with van der Waals surface area (Å²) in [6.45, 7) is 6.49. The van der Waals surface area contributed by atoms with Crippen LogP contribution in [-0.2, 0) is 4.74 Å². The summed E-state index contributed by atoms with van der Waals surface area (Å²) >= 11 is 0. The van der Waals surface area contributed by atoms with Gasteiger partial charge in [-0.1, -0.05) is 0 Å². The van der Waals surface area contributed by atoms with Crippen LogP contribution >= 0.6 is 0 Å². The highest BCUT2D eigenvalue weighted by atomic mass is 19.1. The van der Waals surface area contributed by atoms with E-state index in [1.165, 1.54) is 6.07 Å². The Bertz CT molecular complexity index is 450. The molecule has 0 spiro atoms. The van der Waals surface area contributed by atoms with Crippen molar-refractivity contribution in [1.82, 2.24) is 10.3 Å². The third kappa shape index (κ3) is 4.48. The molecule has 0 bridgehead atoms. The van der Waals surface area contributed by atoms with Crippen LogP contribution in [0.5, 0.6) is 0 Å². The molecule has 1 rings (SSSR count). The van der Waals surface area contributed by atoms with Crippen LogP contribution in [0.25, 0.3) is 0 Å². The van der Waals surface area contributed by atoms with Gasteiger partial charge in [-0.05, 0) is 26.8 Å². The van der Waals surface area contributed by atoms with E-state index in [-0.39, 0.29) is 11.5 Å². The molecule has 0 atom stereocenters. The van der Waals surface area contributed by atoms with Gasteiger partial charge in [-0.15, -0.1) is 0 Å². The number of halogens is 1. The zero-order chi connectivity index (χ0) is 14.5. The first-order chi connectivity index (χ1) is 8.89. The van der Waals surface area contributed by atoms with Gasteiger partial charge in [-0.3, -0.25) is 4.79 Å². The Kier molecular flexibility index (Phi) is 5.23. The van der Waals surface area contributed by atoms with Crippen LogP contribution < -0.4 is 10.6 Å². The first kappa shape index (κ1) is 15.4. The molecule has 1 aromatic heterocycles. The van der Waals surface area contributed by atoms with Crippen LogP contribution in [0.15, 0.2) is 12.3 Å². The lowest BCUT2D eigenvalue weighted by molar-refractivity contribution is 0.0820. The Morgan fingerprint density at radius 2 is 2.21 bits per heavy atom. The molecule has 0 aliphatic heterocycles. The maximum atomic E-state index is 13.2. The van der Waals surface area contributed by atoms with Gasteiger partial charge in [0.1, 0.15) is 11.6 Å². The number of aromatic nitrogens is 1. The number of hydrogen-bond acceptors (Lipinski definition) is 4. The van der Waals surface area contributed by atoms with Gasteiger partial charge in [0.05, 0.1) is 23.9 Å². The number of methoxy groups -OCH3 is 1. The summed E-state index contributed by atoms with van der Waals surface area (Å²) in [5.41, 5.74) is -0.354. The molecular weight excluding hydrogens is 249 g/mol. The van der Waals surface area contributed by atoms with Crippen molar-refractivity contribution in [3.05, 3.63) is 23.6 Å². The largest absolute Gasteiger partial charge is 0.382 e. The van der Waals surface area contributed by atoms with Crippen LogP contribution in [-0.4, -0.2) is 36.7 Å². The number of anilines is 1. The number of amides is 1. The number of ether oxygens (including phenoxy) is 1. The monoisotopic (exact) mass is 269 g/mol. The molecule has 0 aliphatic rings. The van der Waals surface area contributed by atoms with Crippen LogP contribution in [0.2, 0.25) is 0 Å². The molecule has 2 N–H and O–H groups in total. The van der Waals surface area contributed by atoms with Crippen LogP contribution in [0.4, 0.5) is 10.2 Å². The molecular formula is C13H20FN3O2.